The van der Waals surface area contributed by atoms with Gasteiger partial charge in [0, 0.05) is 49.6 Å². The number of hydrogen-bond donors (Lipinski definition) is 0. The third-order valence-corrected chi connectivity index (χ3v) is 6.10. The van der Waals surface area contributed by atoms with Gasteiger partial charge in [-0.25, -0.2) is 0 Å². The molecule has 9 nitrogen and oxygen atoms in total. The second-order valence-electron chi connectivity index (χ2n) is 8.09. The highest BCUT2D eigenvalue weighted by atomic mass is 35.5. The van der Waals surface area contributed by atoms with Gasteiger partial charge in [0.1, 0.15) is 6.61 Å². The minimum absolute atomic E-state index is 0.00970. The molecule has 0 radical (unpaired) electrons. The first-order valence-corrected chi connectivity index (χ1v) is 11.5. The number of hydrogen-bond acceptors (Lipinski definition) is 7. The summed E-state index contributed by atoms with van der Waals surface area (Å²) in [7, 11) is 0. The minimum Gasteiger partial charge on any atom is -0.485 e. The fourth-order valence-electron chi connectivity index (χ4n) is 3.97. The predicted octanol–water partition coefficient (Wildman–Crippen LogP) is 2.83. The molecular weight excluding hydrogens is 460 g/mol. The van der Waals surface area contributed by atoms with E-state index < -0.39 is 6.10 Å². The molecule has 1 saturated heterocycles. The molecule has 0 bridgehead atoms. The number of rotatable bonds is 5. The van der Waals surface area contributed by atoms with Crippen LogP contribution in [0.25, 0.3) is 11.4 Å². The van der Waals surface area contributed by atoms with Crippen LogP contribution in [0.3, 0.4) is 0 Å². The molecule has 2 amide bonds. The smallest absolute Gasteiger partial charge is 0.267 e. The molecule has 1 fully saturated rings. The normalized spacial score (nSPS) is 17.5. The standard InChI is InChI=1S/C24H23ClN4O5/c25-17-7-5-16(6-8-17)23-26-21(34-27-23)9-10-22(30)28-11-13-29(14-12-28)24(31)20-15-32-18-3-1-2-4-19(18)33-20/h1-8,20H,9-15H2/t20-/m1/s1. The van der Waals surface area contributed by atoms with Crippen LogP contribution in [0.4, 0.5) is 0 Å². The van der Waals surface area contributed by atoms with Gasteiger partial charge in [0.25, 0.3) is 5.91 Å². The van der Waals surface area contributed by atoms with Crippen molar-refractivity contribution in [3.05, 3.63) is 59.4 Å². The lowest BCUT2D eigenvalue weighted by atomic mass is 10.2. The molecule has 34 heavy (non-hydrogen) atoms. The van der Waals surface area contributed by atoms with Crippen LogP contribution in [0.15, 0.2) is 53.1 Å². The molecule has 3 aromatic rings. The van der Waals surface area contributed by atoms with Crippen LogP contribution < -0.4 is 9.47 Å². The van der Waals surface area contributed by atoms with E-state index in [-0.39, 0.29) is 24.8 Å². The van der Waals surface area contributed by atoms with Crippen molar-refractivity contribution in [3.63, 3.8) is 0 Å². The van der Waals surface area contributed by atoms with Gasteiger partial charge in [-0.2, -0.15) is 4.98 Å². The number of benzene rings is 2. The Balaban J connectivity index is 1.09. The monoisotopic (exact) mass is 482 g/mol. The highest BCUT2D eigenvalue weighted by Gasteiger charge is 2.33. The number of carbonyl (C=O) groups is 2. The lowest BCUT2D eigenvalue weighted by Gasteiger charge is -2.37. The van der Waals surface area contributed by atoms with Gasteiger partial charge in [-0.15, -0.1) is 0 Å². The topological polar surface area (TPSA) is 98.0 Å². The number of amides is 2. The third-order valence-electron chi connectivity index (χ3n) is 5.85. The first-order valence-electron chi connectivity index (χ1n) is 11.1. The Morgan fingerprint density at radius 3 is 2.44 bits per heavy atom. The van der Waals surface area contributed by atoms with E-state index in [1.54, 1.807) is 28.0 Å². The second-order valence-corrected chi connectivity index (χ2v) is 8.53. The summed E-state index contributed by atoms with van der Waals surface area (Å²) in [5, 5.41) is 4.60. The van der Waals surface area contributed by atoms with Crippen LogP contribution in [-0.4, -0.2) is 70.6 Å². The van der Waals surface area contributed by atoms with Crippen molar-refractivity contribution >= 4 is 23.4 Å². The maximum Gasteiger partial charge on any atom is 0.267 e. The lowest BCUT2D eigenvalue weighted by Crippen LogP contribution is -2.55. The number of halogens is 1. The first-order chi connectivity index (χ1) is 16.6. The summed E-state index contributed by atoms with van der Waals surface area (Å²) >= 11 is 5.91. The van der Waals surface area contributed by atoms with E-state index in [1.807, 2.05) is 30.3 Å². The Kier molecular flexibility index (Phi) is 6.35. The van der Waals surface area contributed by atoms with Gasteiger partial charge in [-0.1, -0.05) is 28.9 Å². The van der Waals surface area contributed by atoms with Crippen molar-refractivity contribution < 1.29 is 23.6 Å². The summed E-state index contributed by atoms with van der Waals surface area (Å²) in [6, 6.07) is 14.4. The molecule has 1 atom stereocenters. The van der Waals surface area contributed by atoms with Crippen LogP contribution in [0.5, 0.6) is 11.5 Å². The van der Waals surface area contributed by atoms with Crippen molar-refractivity contribution in [1.29, 1.82) is 0 Å². The summed E-state index contributed by atoms with van der Waals surface area (Å²) in [6.07, 6.45) is -0.0675. The van der Waals surface area contributed by atoms with Crippen LogP contribution in [0, 0.1) is 0 Å². The lowest BCUT2D eigenvalue weighted by molar-refractivity contribution is -0.146. The van der Waals surface area contributed by atoms with E-state index >= 15 is 0 Å². The molecule has 10 heteroatoms. The number of ether oxygens (including phenoxy) is 2. The number of carbonyl (C=O) groups excluding carboxylic acids is 2. The molecule has 2 aliphatic heterocycles. The van der Waals surface area contributed by atoms with Crippen LogP contribution in [0.2, 0.25) is 5.02 Å². The number of aryl methyl sites for hydroxylation is 1. The van der Waals surface area contributed by atoms with Crippen LogP contribution in [0.1, 0.15) is 12.3 Å². The van der Waals surface area contributed by atoms with Gasteiger partial charge < -0.3 is 23.8 Å². The zero-order chi connectivity index (χ0) is 23.5. The second kappa shape index (κ2) is 9.72. The zero-order valence-electron chi connectivity index (χ0n) is 18.4. The summed E-state index contributed by atoms with van der Waals surface area (Å²) in [6.45, 7) is 2.01. The summed E-state index contributed by atoms with van der Waals surface area (Å²) in [5.74, 6) is 1.95. The van der Waals surface area contributed by atoms with E-state index in [0.29, 0.717) is 60.8 Å². The van der Waals surface area contributed by atoms with Gasteiger partial charge in [-0.05, 0) is 36.4 Å². The van der Waals surface area contributed by atoms with Crippen molar-refractivity contribution in [2.45, 2.75) is 18.9 Å². The number of aromatic nitrogens is 2. The molecule has 0 N–H and O–H groups in total. The van der Waals surface area contributed by atoms with Crippen molar-refractivity contribution in [2.24, 2.45) is 0 Å². The van der Waals surface area contributed by atoms with Crippen molar-refractivity contribution in [3.8, 4) is 22.9 Å². The Hall–Kier alpha value is -3.59. The number of fused-ring (bicyclic) bond motifs is 1. The Bertz CT molecular complexity index is 1170. The molecule has 176 valence electrons. The van der Waals surface area contributed by atoms with Crippen LogP contribution >= 0.6 is 11.6 Å². The molecule has 0 unspecified atom stereocenters. The Labute approximate surface area is 201 Å². The van der Waals surface area contributed by atoms with Gasteiger partial charge in [0.05, 0.1) is 0 Å². The van der Waals surface area contributed by atoms with Gasteiger partial charge in [0.15, 0.2) is 11.5 Å². The highest BCUT2D eigenvalue weighted by molar-refractivity contribution is 6.30. The molecule has 0 spiro atoms. The molecule has 0 aliphatic carbocycles. The number of nitrogens with zero attached hydrogens (tertiary/aromatic N) is 4. The van der Waals surface area contributed by atoms with Gasteiger partial charge in [-0.3, -0.25) is 9.59 Å². The van der Waals surface area contributed by atoms with E-state index in [9.17, 15) is 9.59 Å². The quantitative estimate of drug-likeness (QED) is 0.551. The SMILES string of the molecule is O=C(CCc1nc(-c2ccc(Cl)cc2)no1)N1CCN(C(=O)[C@H]2COc3ccccc3O2)CC1. The minimum atomic E-state index is -0.676. The zero-order valence-corrected chi connectivity index (χ0v) is 19.1. The molecule has 1 aromatic heterocycles. The van der Waals surface area contributed by atoms with Gasteiger partial charge in [0.2, 0.25) is 23.7 Å². The maximum absolute atomic E-state index is 12.9. The van der Waals surface area contributed by atoms with E-state index in [4.69, 9.17) is 25.6 Å². The van der Waals surface area contributed by atoms with Gasteiger partial charge >= 0.3 is 0 Å². The van der Waals surface area contributed by atoms with E-state index in [1.165, 1.54) is 0 Å². The maximum atomic E-state index is 12.9. The first kappa shape index (κ1) is 22.2. The number of piperazine rings is 1. The molecule has 2 aliphatic rings. The Morgan fingerprint density at radius 1 is 0.971 bits per heavy atom. The molecule has 3 heterocycles. The predicted molar refractivity (Wildman–Crippen MR) is 123 cm³/mol. The molecule has 5 rings (SSSR count). The van der Waals surface area contributed by atoms with E-state index in [0.717, 1.165) is 5.56 Å². The fraction of sp³-hybridized carbons (Fsp3) is 0.333. The molecule has 2 aromatic carbocycles. The van der Waals surface area contributed by atoms with Crippen molar-refractivity contribution in [2.75, 3.05) is 32.8 Å². The Morgan fingerprint density at radius 2 is 1.68 bits per heavy atom. The van der Waals surface area contributed by atoms with E-state index in [2.05, 4.69) is 10.1 Å². The summed E-state index contributed by atoms with van der Waals surface area (Å²) < 4.78 is 16.8. The molecular formula is C24H23ClN4O5. The summed E-state index contributed by atoms with van der Waals surface area (Å²) in [4.78, 5) is 33.4. The number of para-hydroxylation sites is 2. The van der Waals surface area contributed by atoms with Crippen LogP contribution in [-0.2, 0) is 16.0 Å². The molecule has 0 saturated carbocycles. The van der Waals surface area contributed by atoms with Crippen molar-refractivity contribution in [1.82, 2.24) is 19.9 Å². The largest absolute Gasteiger partial charge is 0.485 e. The third kappa shape index (κ3) is 4.84. The average molecular weight is 483 g/mol. The fourth-order valence-corrected chi connectivity index (χ4v) is 4.09. The average Bonchev–Trinajstić information content (AvgIpc) is 3.36. The highest BCUT2D eigenvalue weighted by Crippen LogP contribution is 2.31. The summed E-state index contributed by atoms with van der Waals surface area (Å²) in [5.41, 5.74) is 0.794.